The van der Waals surface area contributed by atoms with Crippen LogP contribution < -0.4 is 15.5 Å². The van der Waals surface area contributed by atoms with Crippen LogP contribution in [0.1, 0.15) is 34.3 Å². The number of aliphatic hydroxyl groups is 1. The molecule has 3 aliphatic rings. The highest BCUT2D eigenvalue weighted by Crippen LogP contribution is 2.39. The van der Waals surface area contributed by atoms with E-state index in [1.165, 1.54) is 4.90 Å². The van der Waals surface area contributed by atoms with Gasteiger partial charge in [0, 0.05) is 12.0 Å². The van der Waals surface area contributed by atoms with Gasteiger partial charge in [0.2, 0.25) is 18.1 Å². The van der Waals surface area contributed by atoms with Crippen LogP contribution >= 0.6 is 0 Å². The number of rotatable bonds is 4. The average molecular weight is 449 g/mol. The van der Waals surface area contributed by atoms with Crippen LogP contribution in [0.2, 0.25) is 0 Å². The second-order valence-corrected chi connectivity index (χ2v) is 8.48. The Morgan fingerprint density at radius 2 is 1.73 bits per heavy atom. The lowest BCUT2D eigenvalue weighted by atomic mass is 10.0. The van der Waals surface area contributed by atoms with Gasteiger partial charge in [-0.2, -0.15) is 0 Å². The minimum Gasteiger partial charge on any atom is -0.434 e. The van der Waals surface area contributed by atoms with Gasteiger partial charge in [-0.3, -0.25) is 24.1 Å². The number of carbonyl (C=O) groups excluding carboxylic acids is 4. The number of benzene rings is 2. The zero-order chi connectivity index (χ0) is 23.1. The molecule has 0 saturated carbocycles. The molecule has 2 aromatic carbocycles. The highest BCUT2D eigenvalue weighted by atomic mass is 16.6. The van der Waals surface area contributed by atoms with Crippen molar-refractivity contribution in [2.75, 3.05) is 4.90 Å². The number of anilines is 1. The number of aryl methyl sites for hydroxylation is 1. The van der Waals surface area contributed by atoms with E-state index in [0.29, 0.717) is 30.5 Å². The first-order valence-electron chi connectivity index (χ1n) is 10.9. The average Bonchev–Trinajstić information content (AvgIpc) is 3.31. The maximum Gasteiger partial charge on any atom is 0.310 e. The van der Waals surface area contributed by atoms with Gasteiger partial charge in [-0.05, 0) is 36.1 Å². The molecule has 2 unspecified atom stereocenters. The minimum absolute atomic E-state index is 0.137. The van der Waals surface area contributed by atoms with Crippen LogP contribution in [-0.2, 0) is 32.0 Å². The van der Waals surface area contributed by atoms with Crippen LogP contribution in [0.25, 0.3) is 0 Å². The zero-order valence-electron chi connectivity index (χ0n) is 17.7. The van der Waals surface area contributed by atoms with Crippen molar-refractivity contribution in [1.82, 2.24) is 10.6 Å². The van der Waals surface area contributed by atoms with Crippen molar-refractivity contribution in [3.8, 4) is 0 Å². The zero-order valence-corrected chi connectivity index (χ0v) is 17.7. The molecule has 3 N–H and O–H groups in total. The van der Waals surface area contributed by atoms with E-state index in [4.69, 9.17) is 4.74 Å². The molecule has 9 heteroatoms. The summed E-state index contributed by atoms with van der Waals surface area (Å²) in [6.45, 7) is 0. The Balaban J connectivity index is 1.41. The van der Waals surface area contributed by atoms with Gasteiger partial charge >= 0.3 is 5.97 Å². The molecule has 1 saturated heterocycles. The fraction of sp³-hybridized carbons (Fsp3) is 0.333. The molecule has 0 bridgehead atoms. The Kier molecular flexibility index (Phi) is 5.33. The normalized spacial score (nSPS) is 25.8. The summed E-state index contributed by atoms with van der Waals surface area (Å²) in [5, 5.41) is 15.3. The Morgan fingerprint density at radius 1 is 0.970 bits per heavy atom. The largest absolute Gasteiger partial charge is 0.434 e. The molecule has 0 radical (unpaired) electrons. The summed E-state index contributed by atoms with van der Waals surface area (Å²) in [6.07, 6.45) is -0.274. The van der Waals surface area contributed by atoms with Crippen molar-refractivity contribution in [3.05, 3.63) is 65.2 Å². The number of ether oxygens (including phenoxy) is 1. The first-order chi connectivity index (χ1) is 15.9. The van der Waals surface area contributed by atoms with E-state index in [1.807, 2.05) is 18.2 Å². The van der Waals surface area contributed by atoms with Gasteiger partial charge in [-0.15, -0.1) is 0 Å². The number of cyclic esters (lactones) is 1. The summed E-state index contributed by atoms with van der Waals surface area (Å²) in [5.74, 6) is -1.80. The Morgan fingerprint density at radius 3 is 2.45 bits per heavy atom. The molecule has 1 fully saturated rings. The van der Waals surface area contributed by atoms with Gasteiger partial charge in [0.15, 0.2) is 0 Å². The fourth-order valence-corrected chi connectivity index (χ4v) is 4.75. The number of esters is 1. The number of nitrogens with zero attached hydrogens (tertiary/aromatic N) is 1. The van der Waals surface area contributed by atoms with Crippen LogP contribution in [0, 0.1) is 0 Å². The summed E-state index contributed by atoms with van der Waals surface area (Å²) in [7, 11) is 0. The molecular formula is C24H23N3O6. The first-order valence-corrected chi connectivity index (χ1v) is 10.9. The van der Waals surface area contributed by atoms with E-state index in [-0.39, 0.29) is 18.2 Å². The van der Waals surface area contributed by atoms with Crippen molar-refractivity contribution >= 4 is 29.4 Å². The topological polar surface area (TPSA) is 125 Å². The Labute approximate surface area is 189 Å². The molecule has 3 aliphatic heterocycles. The lowest BCUT2D eigenvalue weighted by Crippen LogP contribution is -2.56. The summed E-state index contributed by atoms with van der Waals surface area (Å²) >= 11 is 0. The number of para-hydroxylation sites is 1. The molecule has 0 aromatic heterocycles. The number of hydrogen-bond acceptors (Lipinski definition) is 6. The third-order valence-electron chi connectivity index (χ3n) is 6.36. The molecule has 4 atom stereocenters. The molecule has 170 valence electrons. The fourth-order valence-electron chi connectivity index (χ4n) is 4.75. The summed E-state index contributed by atoms with van der Waals surface area (Å²) < 4.78 is 4.70. The van der Waals surface area contributed by atoms with Gasteiger partial charge in [-0.1, -0.05) is 36.4 Å². The standard InChI is InChI=1S/C24H23N3O6/c28-19-12-17(24(32)33-19)26-22(30)18-11-15-8-4-7-13-9-10-16(23(31)27(18)20(13)15)25-21(29)14-5-2-1-3-6-14/h1-8,16-18,24,32H,9-12H2,(H,25,29)(H,26,30)/t16-,17-,18?,24?/m0/s1. The molecule has 33 heavy (non-hydrogen) atoms. The molecule has 9 nitrogen and oxygen atoms in total. The van der Waals surface area contributed by atoms with Gasteiger partial charge in [0.1, 0.15) is 18.1 Å². The molecular weight excluding hydrogens is 426 g/mol. The van der Waals surface area contributed by atoms with Gasteiger partial charge in [-0.25, -0.2) is 0 Å². The molecule has 3 heterocycles. The number of amides is 3. The number of aliphatic hydroxyl groups excluding tert-OH is 1. The summed E-state index contributed by atoms with van der Waals surface area (Å²) in [4.78, 5) is 52.4. The van der Waals surface area contributed by atoms with E-state index in [1.54, 1.807) is 30.3 Å². The second-order valence-electron chi connectivity index (χ2n) is 8.48. The van der Waals surface area contributed by atoms with E-state index in [9.17, 15) is 24.3 Å². The second kappa shape index (κ2) is 8.32. The van der Waals surface area contributed by atoms with Crippen LogP contribution in [0.15, 0.2) is 48.5 Å². The smallest absolute Gasteiger partial charge is 0.310 e. The Hall–Kier alpha value is -3.72. The molecule has 5 rings (SSSR count). The molecule has 3 amide bonds. The summed E-state index contributed by atoms with van der Waals surface area (Å²) in [5.41, 5.74) is 2.96. The SMILES string of the molecule is O=C1C[C@H](NC(=O)C2Cc3cccc4c3N2C(=O)[C@@H](NC(=O)c2ccccc2)CC4)C(O)O1. The van der Waals surface area contributed by atoms with Crippen LogP contribution in [-0.4, -0.2) is 53.2 Å². The Bertz CT molecular complexity index is 1130. The van der Waals surface area contributed by atoms with Crippen molar-refractivity contribution in [2.45, 2.75) is 50.1 Å². The molecule has 0 spiro atoms. The number of hydrogen-bond donors (Lipinski definition) is 3. The van der Waals surface area contributed by atoms with E-state index >= 15 is 0 Å². The predicted molar refractivity (Wildman–Crippen MR) is 116 cm³/mol. The van der Waals surface area contributed by atoms with Crippen LogP contribution in [0.4, 0.5) is 5.69 Å². The van der Waals surface area contributed by atoms with Crippen molar-refractivity contribution in [3.63, 3.8) is 0 Å². The molecule has 2 aromatic rings. The molecule has 0 aliphatic carbocycles. The van der Waals surface area contributed by atoms with Crippen LogP contribution in [0.3, 0.4) is 0 Å². The van der Waals surface area contributed by atoms with Gasteiger partial charge in [0.05, 0.1) is 12.1 Å². The minimum atomic E-state index is -1.42. The quantitative estimate of drug-likeness (QED) is 0.582. The lowest BCUT2D eigenvalue weighted by molar-refractivity contribution is -0.155. The van der Waals surface area contributed by atoms with Crippen molar-refractivity contribution in [2.24, 2.45) is 0 Å². The van der Waals surface area contributed by atoms with Crippen LogP contribution in [0.5, 0.6) is 0 Å². The first kappa shape index (κ1) is 21.1. The van der Waals surface area contributed by atoms with Gasteiger partial charge in [0.25, 0.3) is 5.91 Å². The van der Waals surface area contributed by atoms with Crippen molar-refractivity contribution < 1.29 is 29.0 Å². The number of nitrogens with one attached hydrogen (secondary N) is 2. The van der Waals surface area contributed by atoms with Gasteiger partial charge < -0.3 is 20.5 Å². The van der Waals surface area contributed by atoms with Crippen molar-refractivity contribution in [1.29, 1.82) is 0 Å². The highest BCUT2D eigenvalue weighted by molar-refractivity contribution is 6.08. The summed E-state index contributed by atoms with van der Waals surface area (Å²) in [6, 6.07) is 11.8. The number of carbonyl (C=O) groups is 4. The predicted octanol–water partition coefficient (Wildman–Crippen LogP) is 0.439. The third kappa shape index (κ3) is 3.84. The maximum atomic E-state index is 13.6. The van der Waals surface area contributed by atoms with E-state index < -0.39 is 36.3 Å². The highest BCUT2D eigenvalue weighted by Gasteiger charge is 2.45. The monoisotopic (exact) mass is 449 g/mol. The lowest BCUT2D eigenvalue weighted by Gasteiger charge is -2.28. The maximum absolute atomic E-state index is 13.6. The third-order valence-corrected chi connectivity index (χ3v) is 6.36. The van der Waals surface area contributed by atoms with E-state index in [2.05, 4.69) is 10.6 Å². The van der Waals surface area contributed by atoms with E-state index in [0.717, 1.165) is 11.1 Å².